The molecule has 0 bridgehead atoms. The lowest BCUT2D eigenvalue weighted by atomic mass is 10.0. The Kier molecular flexibility index (Phi) is 12.5. The van der Waals surface area contributed by atoms with Crippen molar-refractivity contribution in [2.24, 2.45) is 0 Å². The summed E-state index contributed by atoms with van der Waals surface area (Å²) < 4.78 is 29.8. The highest BCUT2D eigenvalue weighted by molar-refractivity contribution is 7.92. The Morgan fingerprint density at radius 1 is 0.851 bits per heavy atom. The molecule has 0 heterocycles. The standard InChI is InChI=1S/C37H41Cl2N3O4S/c1-5-6-20-40-37(44)35(22-29-10-8-7-9-11-29)41(24-30-16-17-31(38)23-33(30)39)36(43)25-42(34-21-27(3)12-15-28(34)4)47(45,46)32-18-13-26(2)14-19-32/h7-19,21,23,35H,5-6,20,22,24-25H2,1-4H3,(H,40,44). The summed E-state index contributed by atoms with van der Waals surface area (Å²) in [6, 6.07) is 25.4. The van der Waals surface area contributed by atoms with E-state index in [0.717, 1.165) is 33.8 Å². The third-order valence-electron chi connectivity index (χ3n) is 7.98. The zero-order valence-corrected chi connectivity index (χ0v) is 29.5. The molecule has 1 unspecified atom stereocenters. The number of carbonyl (C=O) groups is 2. The number of hydrogen-bond donors (Lipinski definition) is 1. The number of anilines is 1. The third kappa shape index (κ3) is 9.37. The van der Waals surface area contributed by atoms with Gasteiger partial charge in [0.2, 0.25) is 11.8 Å². The van der Waals surface area contributed by atoms with Crippen LogP contribution in [0, 0.1) is 20.8 Å². The summed E-state index contributed by atoms with van der Waals surface area (Å²) in [4.78, 5) is 30.1. The monoisotopic (exact) mass is 693 g/mol. The summed E-state index contributed by atoms with van der Waals surface area (Å²) in [5.41, 5.74) is 4.23. The van der Waals surface area contributed by atoms with Gasteiger partial charge in [0.05, 0.1) is 10.6 Å². The average molecular weight is 695 g/mol. The third-order valence-corrected chi connectivity index (χ3v) is 10.3. The van der Waals surface area contributed by atoms with Crippen LogP contribution < -0.4 is 9.62 Å². The number of carbonyl (C=O) groups excluding carboxylic acids is 2. The van der Waals surface area contributed by atoms with Crippen molar-refractivity contribution in [2.75, 3.05) is 17.4 Å². The number of nitrogens with zero attached hydrogens (tertiary/aromatic N) is 2. The molecule has 0 spiro atoms. The zero-order valence-electron chi connectivity index (χ0n) is 27.2. The molecule has 1 atom stereocenters. The van der Waals surface area contributed by atoms with Crippen LogP contribution in [-0.4, -0.2) is 44.3 Å². The van der Waals surface area contributed by atoms with Crippen molar-refractivity contribution >= 4 is 50.7 Å². The molecule has 47 heavy (non-hydrogen) atoms. The fourth-order valence-corrected chi connectivity index (χ4v) is 7.17. The molecule has 2 amide bonds. The first-order valence-corrected chi connectivity index (χ1v) is 17.8. The predicted molar refractivity (Wildman–Crippen MR) is 190 cm³/mol. The van der Waals surface area contributed by atoms with E-state index in [-0.39, 0.29) is 23.8 Å². The molecule has 10 heteroatoms. The number of benzene rings is 4. The molecule has 0 saturated carbocycles. The van der Waals surface area contributed by atoms with Gasteiger partial charge in [-0.2, -0.15) is 0 Å². The molecular weight excluding hydrogens is 653 g/mol. The fourth-order valence-electron chi connectivity index (χ4n) is 5.23. The maximum absolute atomic E-state index is 14.7. The maximum Gasteiger partial charge on any atom is 0.264 e. The van der Waals surface area contributed by atoms with Crippen molar-refractivity contribution in [1.29, 1.82) is 0 Å². The highest BCUT2D eigenvalue weighted by atomic mass is 35.5. The summed E-state index contributed by atoms with van der Waals surface area (Å²) in [5, 5.41) is 3.76. The van der Waals surface area contributed by atoms with Crippen LogP contribution in [0.2, 0.25) is 10.0 Å². The Morgan fingerprint density at radius 3 is 2.19 bits per heavy atom. The van der Waals surface area contributed by atoms with Crippen molar-refractivity contribution < 1.29 is 18.0 Å². The minimum absolute atomic E-state index is 0.0429. The van der Waals surface area contributed by atoms with E-state index in [4.69, 9.17) is 23.2 Å². The topological polar surface area (TPSA) is 86.8 Å². The lowest BCUT2D eigenvalue weighted by molar-refractivity contribution is -0.140. The lowest BCUT2D eigenvalue weighted by Crippen LogP contribution is -2.53. The number of halogens is 2. The van der Waals surface area contributed by atoms with Crippen molar-refractivity contribution in [3.63, 3.8) is 0 Å². The summed E-state index contributed by atoms with van der Waals surface area (Å²) in [7, 11) is -4.21. The number of rotatable bonds is 14. The first-order valence-electron chi connectivity index (χ1n) is 15.6. The van der Waals surface area contributed by atoms with Gasteiger partial charge in [0.15, 0.2) is 0 Å². The van der Waals surface area contributed by atoms with Crippen molar-refractivity contribution in [1.82, 2.24) is 10.2 Å². The minimum atomic E-state index is -4.21. The number of hydrogen-bond acceptors (Lipinski definition) is 4. The predicted octanol–water partition coefficient (Wildman–Crippen LogP) is 7.67. The van der Waals surface area contributed by atoms with E-state index < -0.39 is 28.5 Å². The van der Waals surface area contributed by atoms with Gasteiger partial charge in [-0.15, -0.1) is 0 Å². The van der Waals surface area contributed by atoms with Gasteiger partial charge in [-0.1, -0.05) is 103 Å². The van der Waals surface area contributed by atoms with Crippen LogP contribution in [0.25, 0.3) is 0 Å². The Bertz CT molecular complexity index is 1800. The molecule has 4 rings (SSSR count). The molecule has 1 N–H and O–H groups in total. The summed E-state index contributed by atoms with van der Waals surface area (Å²) in [5.74, 6) is -0.889. The second-order valence-electron chi connectivity index (χ2n) is 11.7. The molecular formula is C37H41Cl2N3O4S. The highest BCUT2D eigenvalue weighted by Gasteiger charge is 2.35. The lowest BCUT2D eigenvalue weighted by Gasteiger charge is -2.34. The summed E-state index contributed by atoms with van der Waals surface area (Å²) in [6.07, 6.45) is 1.87. The number of nitrogens with one attached hydrogen (secondary N) is 1. The zero-order chi connectivity index (χ0) is 34.1. The Labute approximate surface area is 288 Å². The van der Waals surface area contributed by atoms with Gasteiger partial charge < -0.3 is 10.2 Å². The van der Waals surface area contributed by atoms with E-state index >= 15 is 0 Å². The molecule has 4 aromatic carbocycles. The molecule has 0 radical (unpaired) electrons. The number of unbranched alkanes of at least 4 members (excludes halogenated alkanes) is 1. The van der Waals surface area contributed by atoms with Crippen LogP contribution >= 0.6 is 23.2 Å². The first-order chi connectivity index (χ1) is 22.4. The molecule has 0 aliphatic rings. The maximum atomic E-state index is 14.7. The second kappa shape index (κ2) is 16.3. The molecule has 0 aliphatic heterocycles. The Balaban J connectivity index is 1.84. The summed E-state index contributed by atoms with van der Waals surface area (Å²) in [6.45, 7) is 7.44. The smallest absolute Gasteiger partial charge is 0.264 e. The molecule has 0 fully saturated rings. The van der Waals surface area contributed by atoms with Crippen molar-refractivity contribution in [3.05, 3.63) is 129 Å². The van der Waals surface area contributed by atoms with Gasteiger partial charge in [-0.3, -0.25) is 13.9 Å². The van der Waals surface area contributed by atoms with Crippen LogP contribution in [0.4, 0.5) is 5.69 Å². The quantitative estimate of drug-likeness (QED) is 0.137. The SMILES string of the molecule is CCCCNC(=O)C(Cc1ccccc1)N(Cc1ccc(Cl)cc1Cl)C(=O)CN(c1cc(C)ccc1C)S(=O)(=O)c1ccc(C)cc1. The van der Waals surface area contributed by atoms with E-state index in [9.17, 15) is 18.0 Å². The van der Waals surface area contributed by atoms with E-state index in [1.165, 1.54) is 17.0 Å². The van der Waals surface area contributed by atoms with Crippen LogP contribution in [0.3, 0.4) is 0 Å². The molecule has 0 saturated heterocycles. The normalized spacial score (nSPS) is 12.0. The van der Waals surface area contributed by atoms with Crippen LogP contribution in [0.1, 0.15) is 47.6 Å². The highest BCUT2D eigenvalue weighted by Crippen LogP contribution is 2.30. The van der Waals surface area contributed by atoms with Gasteiger partial charge in [0.1, 0.15) is 12.6 Å². The van der Waals surface area contributed by atoms with Crippen LogP contribution in [-0.2, 0) is 32.6 Å². The average Bonchev–Trinajstić information content (AvgIpc) is 3.04. The molecule has 0 aromatic heterocycles. The van der Waals surface area contributed by atoms with E-state index in [1.54, 1.807) is 36.4 Å². The number of aryl methyl sites for hydroxylation is 3. The number of amides is 2. The number of sulfonamides is 1. The van der Waals surface area contributed by atoms with E-state index in [1.807, 2.05) is 70.2 Å². The van der Waals surface area contributed by atoms with Gasteiger partial charge in [0.25, 0.3) is 10.0 Å². The second-order valence-corrected chi connectivity index (χ2v) is 14.4. The van der Waals surface area contributed by atoms with Gasteiger partial charge in [-0.25, -0.2) is 8.42 Å². The molecule has 248 valence electrons. The minimum Gasteiger partial charge on any atom is -0.354 e. The van der Waals surface area contributed by atoms with Crippen molar-refractivity contribution in [2.45, 2.75) is 64.4 Å². The van der Waals surface area contributed by atoms with Crippen molar-refractivity contribution in [3.8, 4) is 0 Å². The van der Waals surface area contributed by atoms with Gasteiger partial charge >= 0.3 is 0 Å². The van der Waals surface area contributed by atoms with Crippen LogP contribution in [0.15, 0.2) is 95.9 Å². The van der Waals surface area contributed by atoms with Gasteiger partial charge in [0, 0.05) is 29.6 Å². The fraction of sp³-hybridized carbons (Fsp3) is 0.297. The largest absolute Gasteiger partial charge is 0.354 e. The summed E-state index contributed by atoms with van der Waals surface area (Å²) >= 11 is 12.8. The molecule has 7 nitrogen and oxygen atoms in total. The Hall–Kier alpha value is -3.85. The van der Waals surface area contributed by atoms with E-state index in [0.29, 0.717) is 33.4 Å². The van der Waals surface area contributed by atoms with Crippen LogP contribution in [0.5, 0.6) is 0 Å². The van der Waals surface area contributed by atoms with Gasteiger partial charge in [-0.05, 0) is 79.8 Å². The first kappa shape index (κ1) is 36.0. The molecule has 4 aromatic rings. The molecule has 0 aliphatic carbocycles. The van der Waals surface area contributed by atoms with E-state index in [2.05, 4.69) is 5.32 Å². The Morgan fingerprint density at radius 2 is 1.53 bits per heavy atom.